The van der Waals surface area contributed by atoms with Crippen LogP contribution in [-0.4, -0.2) is 42.6 Å². The van der Waals surface area contributed by atoms with Crippen molar-refractivity contribution in [1.29, 1.82) is 10.5 Å². The second-order valence-corrected chi connectivity index (χ2v) is 7.75. The lowest BCUT2D eigenvalue weighted by Gasteiger charge is -2.36. The Balaban J connectivity index is 1.23. The van der Waals surface area contributed by atoms with E-state index >= 15 is 0 Å². The molecule has 1 saturated heterocycles. The first-order chi connectivity index (χ1) is 14.7. The van der Waals surface area contributed by atoms with Gasteiger partial charge >= 0.3 is 0 Å². The first-order valence-corrected chi connectivity index (χ1v) is 10.3. The van der Waals surface area contributed by atoms with Crippen LogP contribution in [0.15, 0.2) is 42.6 Å². The quantitative estimate of drug-likeness (QED) is 0.629. The molecule has 0 saturated carbocycles. The van der Waals surface area contributed by atoms with Crippen LogP contribution in [0.25, 0.3) is 10.9 Å². The Labute approximate surface area is 175 Å². The van der Waals surface area contributed by atoms with Gasteiger partial charge in [0.25, 0.3) is 0 Å². The number of hydrogen-bond acceptors (Lipinski definition) is 4. The SMILES string of the molecule is N#Cc1ccc2[nH]cc(CCCCN3CCN(c4ccc(C#N)c(F)c4)CC3)c2c1. The highest BCUT2D eigenvalue weighted by atomic mass is 19.1. The van der Waals surface area contributed by atoms with Crippen LogP contribution < -0.4 is 4.90 Å². The molecule has 2 aromatic carbocycles. The minimum atomic E-state index is -0.448. The number of fused-ring (bicyclic) bond motifs is 1. The van der Waals surface area contributed by atoms with E-state index in [9.17, 15) is 4.39 Å². The number of benzene rings is 2. The third kappa shape index (κ3) is 4.30. The molecular formula is C24H24FN5. The van der Waals surface area contributed by atoms with Gasteiger partial charge in [0.1, 0.15) is 11.9 Å². The van der Waals surface area contributed by atoms with Crippen molar-refractivity contribution in [3.05, 3.63) is 65.1 Å². The smallest absolute Gasteiger partial charge is 0.143 e. The van der Waals surface area contributed by atoms with Gasteiger partial charge in [-0.25, -0.2) is 4.39 Å². The van der Waals surface area contributed by atoms with Gasteiger partial charge in [0.15, 0.2) is 0 Å². The van der Waals surface area contributed by atoms with Gasteiger partial charge in [-0.05, 0) is 67.8 Å². The zero-order valence-electron chi connectivity index (χ0n) is 16.9. The van der Waals surface area contributed by atoms with E-state index in [1.54, 1.807) is 6.07 Å². The summed E-state index contributed by atoms with van der Waals surface area (Å²) in [6.07, 6.45) is 5.28. The molecule has 1 fully saturated rings. The van der Waals surface area contributed by atoms with Crippen LogP contribution in [-0.2, 0) is 6.42 Å². The summed E-state index contributed by atoms with van der Waals surface area (Å²) < 4.78 is 13.9. The highest BCUT2D eigenvalue weighted by Gasteiger charge is 2.18. The zero-order valence-corrected chi connectivity index (χ0v) is 16.9. The summed E-state index contributed by atoms with van der Waals surface area (Å²) in [6.45, 7) is 4.71. The molecule has 1 aliphatic heterocycles. The predicted molar refractivity (Wildman–Crippen MR) is 116 cm³/mol. The van der Waals surface area contributed by atoms with Crippen molar-refractivity contribution in [3.63, 3.8) is 0 Å². The van der Waals surface area contributed by atoms with E-state index in [0.29, 0.717) is 5.56 Å². The number of piperazine rings is 1. The lowest BCUT2D eigenvalue weighted by molar-refractivity contribution is 0.253. The average Bonchev–Trinajstić information content (AvgIpc) is 3.19. The summed E-state index contributed by atoms with van der Waals surface area (Å²) in [5.41, 5.74) is 4.00. The van der Waals surface area contributed by atoms with E-state index in [-0.39, 0.29) is 5.56 Å². The average molecular weight is 401 g/mol. The number of hydrogen-bond donors (Lipinski definition) is 1. The maximum absolute atomic E-state index is 13.9. The van der Waals surface area contributed by atoms with Crippen LogP contribution in [0.5, 0.6) is 0 Å². The highest BCUT2D eigenvalue weighted by molar-refractivity contribution is 5.84. The van der Waals surface area contributed by atoms with E-state index in [2.05, 4.69) is 27.0 Å². The van der Waals surface area contributed by atoms with Crippen LogP contribution in [0.4, 0.5) is 10.1 Å². The molecule has 0 aliphatic carbocycles. The Hall–Kier alpha value is -3.35. The maximum atomic E-state index is 13.9. The Morgan fingerprint density at radius 2 is 1.80 bits per heavy atom. The first kappa shape index (κ1) is 19.9. The Kier molecular flexibility index (Phi) is 5.97. The molecule has 0 spiro atoms. The normalized spacial score (nSPS) is 14.6. The van der Waals surface area contributed by atoms with Gasteiger partial charge in [0.05, 0.1) is 17.2 Å². The Bertz CT molecular complexity index is 1110. The Morgan fingerprint density at radius 1 is 0.967 bits per heavy atom. The van der Waals surface area contributed by atoms with E-state index in [0.717, 1.165) is 68.6 Å². The van der Waals surface area contributed by atoms with Crippen molar-refractivity contribution in [2.24, 2.45) is 0 Å². The van der Waals surface area contributed by atoms with Crippen molar-refractivity contribution in [1.82, 2.24) is 9.88 Å². The van der Waals surface area contributed by atoms with E-state index < -0.39 is 5.82 Å². The van der Waals surface area contributed by atoms with Crippen LogP contribution in [0.3, 0.4) is 0 Å². The topological polar surface area (TPSA) is 69.8 Å². The number of aromatic amines is 1. The molecule has 2 heterocycles. The molecule has 0 amide bonds. The molecular weight excluding hydrogens is 377 g/mol. The largest absolute Gasteiger partial charge is 0.369 e. The van der Waals surface area contributed by atoms with Gasteiger partial charge in [0.2, 0.25) is 0 Å². The number of rotatable bonds is 6. The number of anilines is 1. The van der Waals surface area contributed by atoms with Crippen molar-refractivity contribution in [2.75, 3.05) is 37.6 Å². The highest BCUT2D eigenvalue weighted by Crippen LogP contribution is 2.22. The van der Waals surface area contributed by atoms with Crippen molar-refractivity contribution in [2.45, 2.75) is 19.3 Å². The van der Waals surface area contributed by atoms with Crippen LogP contribution in [0.1, 0.15) is 29.5 Å². The number of nitriles is 2. The number of aryl methyl sites for hydroxylation is 1. The molecule has 30 heavy (non-hydrogen) atoms. The summed E-state index contributed by atoms with van der Waals surface area (Å²) in [5.74, 6) is -0.448. The third-order valence-electron chi connectivity index (χ3n) is 5.88. The molecule has 3 aromatic rings. The third-order valence-corrected chi connectivity index (χ3v) is 5.88. The molecule has 5 nitrogen and oxygen atoms in total. The zero-order chi connectivity index (χ0) is 20.9. The second kappa shape index (κ2) is 8.98. The van der Waals surface area contributed by atoms with Gasteiger partial charge in [-0.2, -0.15) is 10.5 Å². The molecule has 1 N–H and O–H groups in total. The minimum absolute atomic E-state index is 0.0939. The summed E-state index contributed by atoms with van der Waals surface area (Å²) in [7, 11) is 0. The number of H-pyrrole nitrogens is 1. The van der Waals surface area contributed by atoms with Gasteiger partial charge in [-0.3, -0.25) is 4.90 Å². The minimum Gasteiger partial charge on any atom is -0.369 e. The molecule has 0 unspecified atom stereocenters. The molecule has 6 heteroatoms. The van der Waals surface area contributed by atoms with Crippen LogP contribution in [0, 0.1) is 28.5 Å². The summed E-state index contributed by atoms with van der Waals surface area (Å²) in [4.78, 5) is 7.93. The molecule has 0 atom stereocenters. The van der Waals surface area contributed by atoms with Crippen molar-refractivity contribution in [3.8, 4) is 12.1 Å². The molecule has 1 aliphatic rings. The van der Waals surface area contributed by atoms with Crippen LogP contribution in [0.2, 0.25) is 0 Å². The fourth-order valence-electron chi connectivity index (χ4n) is 4.13. The van der Waals surface area contributed by atoms with Crippen LogP contribution >= 0.6 is 0 Å². The lowest BCUT2D eigenvalue weighted by Crippen LogP contribution is -2.46. The summed E-state index contributed by atoms with van der Waals surface area (Å²) in [6, 6.07) is 14.7. The fourth-order valence-corrected chi connectivity index (χ4v) is 4.13. The molecule has 0 bridgehead atoms. The molecule has 0 radical (unpaired) electrons. The van der Waals surface area contributed by atoms with Gasteiger partial charge < -0.3 is 9.88 Å². The standard InChI is InChI=1S/C24H24FN5/c25-23-14-21(6-5-19(23)16-27)30-11-9-29(10-12-30)8-2-1-3-20-17-28-24-7-4-18(15-26)13-22(20)24/h4-7,13-14,17,28H,1-3,8-12H2. The van der Waals surface area contributed by atoms with E-state index in [4.69, 9.17) is 10.5 Å². The molecule has 4 rings (SSSR count). The Morgan fingerprint density at radius 3 is 2.53 bits per heavy atom. The molecule has 152 valence electrons. The first-order valence-electron chi connectivity index (χ1n) is 10.3. The number of unbranched alkanes of at least 4 members (excludes halogenated alkanes) is 1. The fraction of sp³-hybridized carbons (Fsp3) is 0.333. The summed E-state index contributed by atoms with van der Waals surface area (Å²) in [5, 5.41) is 19.1. The van der Waals surface area contributed by atoms with Crippen molar-refractivity contribution >= 4 is 16.6 Å². The van der Waals surface area contributed by atoms with E-state index in [1.165, 1.54) is 11.6 Å². The maximum Gasteiger partial charge on any atom is 0.143 e. The summed E-state index contributed by atoms with van der Waals surface area (Å²) >= 11 is 0. The molecule has 1 aromatic heterocycles. The lowest BCUT2D eigenvalue weighted by atomic mass is 10.1. The second-order valence-electron chi connectivity index (χ2n) is 7.75. The number of nitrogens with zero attached hydrogens (tertiary/aromatic N) is 4. The number of nitrogens with one attached hydrogen (secondary N) is 1. The van der Waals surface area contributed by atoms with Gasteiger partial charge in [-0.15, -0.1) is 0 Å². The predicted octanol–water partition coefficient (Wildman–Crippen LogP) is 4.20. The number of aromatic nitrogens is 1. The monoisotopic (exact) mass is 401 g/mol. The van der Waals surface area contributed by atoms with Crippen molar-refractivity contribution < 1.29 is 4.39 Å². The van der Waals surface area contributed by atoms with Gasteiger partial charge in [0, 0.05) is 49.0 Å². The number of halogens is 1. The van der Waals surface area contributed by atoms with E-state index in [1.807, 2.05) is 30.3 Å². The van der Waals surface area contributed by atoms with Gasteiger partial charge in [-0.1, -0.05) is 0 Å².